The van der Waals surface area contributed by atoms with Gasteiger partial charge in [-0.1, -0.05) is 69.9 Å². The van der Waals surface area contributed by atoms with Gasteiger partial charge in [0.2, 0.25) is 0 Å². The van der Waals surface area contributed by atoms with Crippen LogP contribution in [-0.4, -0.2) is 12.6 Å². The Hall–Kier alpha value is -0.820. The number of nitrogens with one attached hydrogen (secondary N) is 1. The van der Waals surface area contributed by atoms with E-state index in [1.54, 1.807) is 11.1 Å². The van der Waals surface area contributed by atoms with Crippen LogP contribution in [0.3, 0.4) is 0 Å². The second-order valence-corrected chi connectivity index (χ2v) is 6.33. The highest BCUT2D eigenvalue weighted by Gasteiger charge is 2.13. The van der Waals surface area contributed by atoms with Crippen LogP contribution < -0.4 is 5.32 Å². The zero-order valence-corrected chi connectivity index (χ0v) is 15.8. The molecule has 0 aromatic rings. The summed E-state index contributed by atoms with van der Waals surface area (Å²) in [5.41, 5.74) is 3.20. The lowest BCUT2D eigenvalue weighted by atomic mass is 9.93. The van der Waals surface area contributed by atoms with E-state index in [1.165, 1.54) is 32.1 Å². The molecule has 2 atom stereocenters. The maximum Gasteiger partial charge on any atom is 0.0284 e. The molecule has 0 bridgehead atoms. The maximum absolute atomic E-state index is 3.84. The summed E-state index contributed by atoms with van der Waals surface area (Å²) in [6, 6.07) is 0.547. The van der Waals surface area contributed by atoms with Gasteiger partial charge in [0, 0.05) is 6.04 Å². The molecule has 0 aliphatic rings. The molecule has 0 saturated heterocycles. The van der Waals surface area contributed by atoms with Crippen LogP contribution in [0.2, 0.25) is 0 Å². The summed E-state index contributed by atoms with van der Waals surface area (Å²) in [7, 11) is 0. The fourth-order valence-corrected chi connectivity index (χ4v) is 2.78. The van der Waals surface area contributed by atoms with Gasteiger partial charge < -0.3 is 5.32 Å². The molecule has 0 spiro atoms. The Morgan fingerprint density at radius 3 is 2.41 bits per heavy atom. The lowest BCUT2D eigenvalue weighted by Gasteiger charge is -2.23. The first-order valence-corrected chi connectivity index (χ1v) is 9.31. The molecule has 128 valence electrons. The van der Waals surface area contributed by atoms with Crippen LogP contribution in [0.15, 0.2) is 36.0 Å². The third-order valence-electron chi connectivity index (χ3n) is 4.48. The zero-order valence-electron chi connectivity index (χ0n) is 15.8. The molecule has 1 heteroatoms. The normalized spacial score (nSPS) is 15.7. The average molecular weight is 306 g/mol. The second-order valence-electron chi connectivity index (χ2n) is 6.33. The van der Waals surface area contributed by atoms with Gasteiger partial charge in [0.15, 0.2) is 0 Å². The highest BCUT2D eigenvalue weighted by atomic mass is 14.9. The topological polar surface area (TPSA) is 12.0 Å². The quantitative estimate of drug-likeness (QED) is 0.305. The van der Waals surface area contributed by atoms with E-state index < -0.39 is 0 Å². The van der Waals surface area contributed by atoms with Crippen molar-refractivity contribution < 1.29 is 0 Å². The Balaban J connectivity index is 4.64. The van der Waals surface area contributed by atoms with Crippen molar-refractivity contribution in [2.45, 2.75) is 85.6 Å². The maximum atomic E-state index is 3.84. The molecule has 0 heterocycles. The van der Waals surface area contributed by atoms with E-state index in [2.05, 4.69) is 58.7 Å². The Labute approximate surface area is 140 Å². The second kappa shape index (κ2) is 13.8. The summed E-state index contributed by atoms with van der Waals surface area (Å²) in [6.07, 6.45) is 15.2. The molecule has 0 saturated carbocycles. The predicted octanol–water partition coefficient (Wildman–Crippen LogP) is 6.43. The number of hydrogen-bond donors (Lipinski definition) is 1. The number of unbranched alkanes of at least 4 members (excludes halogenated alkanes) is 2. The number of rotatable bonds is 13. The lowest BCUT2D eigenvalue weighted by molar-refractivity contribution is 0.505. The molecule has 2 unspecified atom stereocenters. The van der Waals surface area contributed by atoms with Gasteiger partial charge in [-0.25, -0.2) is 0 Å². The summed E-state index contributed by atoms with van der Waals surface area (Å²) in [5, 5.41) is 3.81. The van der Waals surface area contributed by atoms with E-state index in [-0.39, 0.29) is 0 Å². The third-order valence-corrected chi connectivity index (χ3v) is 4.48. The molecular weight excluding hydrogens is 266 g/mol. The average Bonchev–Trinajstić information content (AvgIpc) is 2.54. The molecule has 0 aliphatic heterocycles. The Morgan fingerprint density at radius 2 is 1.86 bits per heavy atom. The van der Waals surface area contributed by atoms with Crippen LogP contribution in [0, 0.1) is 5.92 Å². The first-order valence-electron chi connectivity index (χ1n) is 9.31. The van der Waals surface area contributed by atoms with Crippen molar-refractivity contribution in [1.29, 1.82) is 0 Å². The highest BCUT2D eigenvalue weighted by Crippen LogP contribution is 2.20. The zero-order chi connectivity index (χ0) is 16.8. The summed E-state index contributed by atoms with van der Waals surface area (Å²) in [5.74, 6) is 0.481. The third kappa shape index (κ3) is 9.25. The van der Waals surface area contributed by atoms with Crippen molar-refractivity contribution in [2.75, 3.05) is 6.54 Å². The summed E-state index contributed by atoms with van der Waals surface area (Å²) in [4.78, 5) is 0. The molecule has 0 rings (SSSR count). The minimum atomic E-state index is 0.481. The first-order chi connectivity index (χ1) is 10.6. The molecule has 0 amide bonds. The van der Waals surface area contributed by atoms with Gasteiger partial charge in [0.25, 0.3) is 0 Å². The van der Waals surface area contributed by atoms with E-state index in [4.69, 9.17) is 0 Å². The minimum absolute atomic E-state index is 0.481. The molecule has 1 nitrogen and oxygen atoms in total. The molecule has 0 aliphatic carbocycles. The summed E-state index contributed by atoms with van der Waals surface area (Å²) >= 11 is 0. The van der Waals surface area contributed by atoms with E-state index in [1.807, 2.05) is 6.08 Å². The monoisotopic (exact) mass is 305 g/mol. The van der Waals surface area contributed by atoms with Crippen LogP contribution in [0.25, 0.3) is 0 Å². The van der Waals surface area contributed by atoms with Gasteiger partial charge in [-0.05, 0) is 51.5 Å². The molecule has 0 radical (unpaired) electrons. The van der Waals surface area contributed by atoms with E-state index in [9.17, 15) is 0 Å². The summed E-state index contributed by atoms with van der Waals surface area (Å²) in [6.45, 7) is 16.3. The van der Waals surface area contributed by atoms with E-state index in [0.717, 1.165) is 19.4 Å². The van der Waals surface area contributed by atoms with Crippen LogP contribution in [0.5, 0.6) is 0 Å². The Kier molecular flexibility index (Phi) is 13.3. The van der Waals surface area contributed by atoms with Gasteiger partial charge in [-0.15, -0.1) is 6.58 Å². The van der Waals surface area contributed by atoms with Gasteiger partial charge in [-0.2, -0.15) is 0 Å². The van der Waals surface area contributed by atoms with Gasteiger partial charge in [-0.3, -0.25) is 0 Å². The van der Waals surface area contributed by atoms with E-state index in [0.29, 0.717) is 12.0 Å². The molecule has 1 N–H and O–H groups in total. The fourth-order valence-electron chi connectivity index (χ4n) is 2.78. The van der Waals surface area contributed by atoms with Gasteiger partial charge >= 0.3 is 0 Å². The molecule has 0 aromatic carbocycles. The van der Waals surface area contributed by atoms with Crippen LogP contribution >= 0.6 is 0 Å². The predicted molar refractivity (Wildman–Crippen MR) is 102 cm³/mol. The lowest BCUT2D eigenvalue weighted by Crippen LogP contribution is -2.32. The largest absolute Gasteiger partial charge is 0.310 e. The number of hydrogen-bond acceptors (Lipinski definition) is 1. The van der Waals surface area contributed by atoms with Crippen molar-refractivity contribution in [3.05, 3.63) is 36.0 Å². The highest BCUT2D eigenvalue weighted by molar-refractivity contribution is 5.18. The molecule has 0 fully saturated rings. The molecule has 22 heavy (non-hydrogen) atoms. The smallest absolute Gasteiger partial charge is 0.0284 e. The van der Waals surface area contributed by atoms with Crippen LogP contribution in [0.4, 0.5) is 0 Å². The standard InChI is InChI=1S/C21H39N/c1-7-11-14-17-22-21(20(10-4)19(6)9-3)16-13-12-15-18(5)8-2/h8,12,15,18,21-22H,2,7,9-11,13-14,16-17H2,1,3-6H3. The van der Waals surface area contributed by atoms with Crippen LogP contribution in [0.1, 0.15) is 79.6 Å². The molecule has 0 aromatic heterocycles. The van der Waals surface area contributed by atoms with Crippen molar-refractivity contribution in [3.63, 3.8) is 0 Å². The Morgan fingerprint density at radius 1 is 1.14 bits per heavy atom. The number of allylic oxidation sites excluding steroid dienone is 4. The van der Waals surface area contributed by atoms with Crippen molar-refractivity contribution in [3.8, 4) is 0 Å². The van der Waals surface area contributed by atoms with Gasteiger partial charge in [0.1, 0.15) is 0 Å². The summed E-state index contributed by atoms with van der Waals surface area (Å²) < 4.78 is 0. The van der Waals surface area contributed by atoms with E-state index >= 15 is 0 Å². The van der Waals surface area contributed by atoms with Crippen molar-refractivity contribution in [2.24, 2.45) is 5.92 Å². The minimum Gasteiger partial charge on any atom is -0.310 e. The van der Waals surface area contributed by atoms with Crippen LogP contribution in [-0.2, 0) is 0 Å². The SMILES string of the molecule is C=CC(C)C=CCCC(NCCCCC)C(CC)=C(C)CC. The van der Waals surface area contributed by atoms with Crippen molar-refractivity contribution in [1.82, 2.24) is 5.32 Å². The van der Waals surface area contributed by atoms with Gasteiger partial charge in [0.05, 0.1) is 0 Å². The fraction of sp³-hybridized carbons (Fsp3) is 0.714. The first kappa shape index (κ1) is 21.2. The van der Waals surface area contributed by atoms with Crippen molar-refractivity contribution >= 4 is 0 Å². The molecular formula is C21H39N. The Bertz CT molecular complexity index is 338.